The molecule has 0 aromatic carbocycles. The summed E-state index contributed by atoms with van der Waals surface area (Å²) in [5.41, 5.74) is -0.243. The van der Waals surface area contributed by atoms with Gasteiger partial charge in [0.25, 0.3) is 5.91 Å². The lowest BCUT2D eigenvalue weighted by atomic mass is 10.0. The number of pyridine rings is 1. The zero-order valence-corrected chi connectivity index (χ0v) is 11.9. The van der Waals surface area contributed by atoms with E-state index < -0.39 is 6.10 Å². The Hall–Kier alpha value is -1.29. The molecule has 1 aromatic heterocycles. The molecule has 0 saturated carbocycles. The van der Waals surface area contributed by atoms with Crippen molar-refractivity contribution >= 4 is 17.5 Å². The maximum atomic E-state index is 11.9. The van der Waals surface area contributed by atoms with Crippen LogP contribution in [0.5, 0.6) is 5.75 Å². The Morgan fingerprint density at radius 2 is 2.28 bits per heavy atom. The van der Waals surface area contributed by atoms with E-state index in [1.807, 2.05) is 20.8 Å². The van der Waals surface area contributed by atoms with Crippen LogP contribution in [0.25, 0.3) is 0 Å². The molecule has 0 aliphatic heterocycles. The van der Waals surface area contributed by atoms with E-state index in [0.29, 0.717) is 5.75 Å². The summed E-state index contributed by atoms with van der Waals surface area (Å²) in [6.07, 6.45) is 1.80. The predicted octanol–water partition coefficient (Wildman–Crippen LogP) is 2.81. The second-order valence-corrected chi connectivity index (χ2v) is 5.14. The van der Waals surface area contributed by atoms with Crippen LogP contribution in [0.3, 0.4) is 0 Å². The molecule has 18 heavy (non-hydrogen) atoms. The van der Waals surface area contributed by atoms with Crippen molar-refractivity contribution in [2.45, 2.75) is 45.8 Å². The molecule has 1 atom stereocenters. The standard InChI is InChI=1S/C13H19ClN2O2/c1-5-13(3,4)16-12(17)9(2)18-10-7-6-8-15-11(10)14/h6-9H,5H2,1-4H3,(H,16,17). The number of nitrogens with zero attached hydrogens (tertiary/aromatic N) is 1. The van der Waals surface area contributed by atoms with E-state index in [1.165, 1.54) is 0 Å². The zero-order valence-electron chi connectivity index (χ0n) is 11.2. The van der Waals surface area contributed by atoms with Gasteiger partial charge in [0, 0.05) is 11.7 Å². The largest absolute Gasteiger partial charge is 0.478 e. The fourth-order valence-corrected chi connectivity index (χ4v) is 1.39. The SMILES string of the molecule is CCC(C)(C)NC(=O)C(C)Oc1cccnc1Cl. The zero-order chi connectivity index (χ0) is 13.8. The summed E-state index contributed by atoms with van der Waals surface area (Å²) in [5, 5.41) is 3.17. The highest BCUT2D eigenvalue weighted by Crippen LogP contribution is 2.21. The molecule has 1 aromatic rings. The lowest BCUT2D eigenvalue weighted by molar-refractivity contribution is -0.128. The monoisotopic (exact) mass is 270 g/mol. The van der Waals surface area contributed by atoms with Crippen molar-refractivity contribution in [1.82, 2.24) is 10.3 Å². The van der Waals surface area contributed by atoms with Gasteiger partial charge in [0.15, 0.2) is 17.0 Å². The van der Waals surface area contributed by atoms with Gasteiger partial charge < -0.3 is 10.1 Å². The van der Waals surface area contributed by atoms with Gasteiger partial charge in [-0.1, -0.05) is 18.5 Å². The summed E-state index contributed by atoms with van der Waals surface area (Å²) >= 11 is 5.87. The van der Waals surface area contributed by atoms with E-state index in [2.05, 4.69) is 10.3 Å². The van der Waals surface area contributed by atoms with Gasteiger partial charge in [-0.2, -0.15) is 0 Å². The second kappa shape index (κ2) is 6.05. The van der Waals surface area contributed by atoms with Crippen LogP contribution in [0.15, 0.2) is 18.3 Å². The number of ether oxygens (including phenoxy) is 1. The van der Waals surface area contributed by atoms with Crippen molar-refractivity contribution in [3.8, 4) is 5.75 Å². The first-order valence-corrected chi connectivity index (χ1v) is 6.32. The van der Waals surface area contributed by atoms with Gasteiger partial charge in [0.05, 0.1) is 0 Å². The molecule has 0 aliphatic rings. The number of halogens is 1. The third-order valence-electron chi connectivity index (χ3n) is 2.74. The van der Waals surface area contributed by atoms with Gasteiger partial charge >= 0.3 is 0 Å². The Bertz CT molecular complexity index is 421. The number of hydrogen-bond donors (Lipinski definition) is 1. The molecule has 0 radical (unpaired) electrons. The number of rotatable bonds is 5. The minimum Gasteiger partial charge on any atom is -0.478 e. The average molecular weight is 271 g/mol. The summed E-state index contributed by atoms with van der Waals surface area (Å²) in [6, 6.07) is 3.39. The van der Waals surface area contributed by atoms with Crippen molar-refractivity contribution < 1.29 is 9.53 Å². The highest BCUT2D eigenvalue weighted by Gasteiger charge is 2.23. The van der Waals surface area contributed by atoms with Crippen LogP contribution in [-0.4, -0.2) is 22.5 Å². The highest BCUT2D eigenvalue weighted by atomic mass is 35.5. The van der Waals surface area contributed by atoms with Crippen LogP contribution in [0.4, 0.5) is 0 Å². The minimum absolute atomic E-state index is 0.165. The number of aromatic nitrogens is 1. The van der Waals surface area contributed by atoms with Crippen molar-refractivity contribution in [2.75, 3.05) is 0 Å². The van der Waals surface area contributed by atoms with E-state index >= 15 is 0 Å². The Balaban J connectivity index is 2.63. The molecule has 0 spiro atoms. The Labute approximate surface area is 113 Å². The summed E-state index contributed by atoms with van der Waals surface area (Å²) in [6.45, 7) is 7.64. The fraction of sp³-hybridized carbons (Fsp3) is 0.538. The van der Waals surface area contributed by atoms with Gasteiger partial charge in [0.1, 0.15) is 0 Å². The normalized spacial score (nSPS) is 12.9. The van der Waals surface area contributed by atoms with E-state index in [0.717, 1.165) is 6.42 Å². The number of hydrogen-bond acceptors (Lipinski definition) is 3. The van der Waals surface area contributed by atoms with E-state index in [4.69, 9.17) is 16.3 Å². The van der Waals surface area contributed by atoms with Gasteiger partial charge in [-0.15, -0.1) is 0 Å². The summed E-state index contributed by atoms with van der Waals surface area (Å²) < 4.78 is 5.49. The maximum absolute atomic E-state index is 11.9. The van der Waals surface area contributed by atoms with Crippen molar-refractivity contribution in [1.29, 1.82) is 0 Å². The molecule has 4 nitrogen and oxygen atoms in total. The first kappa shape index (κ1) is 14.8. The minimum atomic E-state index is -0.613. The number of carbonyl (C=O) groups is 1. The van der Waals surface area contributed by atoms with E-state index in [-0.39, 0.29) is 16.6 Å². The molecule has 5 heteroatoms. The van der Waals surface area contributed by atoms with Crippen molar-refractivity contribution in [3.05, 3.63) is 23.5 Å². The summed E-state index contributed by atoms with van der Waals surface area (Å²) in [4.78, 5) is 15.8. The smallest absolute Gasteiger partial charge is 0.261 e. The molecule has 1 amide bonds. The van der Waals surface area contributed by atoms with E-state index in [9.17, 15) is 4.79 Å². The molecule has 1 N–H and O–H groups in total. The second-order valence-electron chi connectivity index (χ2n) is 4.78. The average Bonchev–Trinajstić information content (AvgIpc) is 2.31. The third kappa shape index (κ3) is 4.18. The quantitative estimate of drug-likeness (QED) is 0.837. The van der Waals surface area contributed by atoms with Crippen LogP contribution in [-0.2, 0) is 4.79 Å². The van der Waals surface area contributed by atoms with Crippen molar-refractivity contribution in [2.24, 2.45) is 0 Å². The molecule has 1 unspecified atom stereocenters. The summed E-state index contributed by atoms with van der Waals surface area (Å²) in [5.74, 6) is 0.248. The first-order chi connectivity index (χ1) is 8.35. The topological polar surface area (TPSA) is 51.2 Å². The van der Waals surface area contributed by atoms with Crippen LogP contribution < -0.4 is 10.1 Å². The Morgan fingerprint density at radius 3 is 2.83 bits per heavy atom. The molecule has 1 heterocycles. The molecule has 0 fully saturated rings. The van der Waals surface area contributed by atoms with Crippen LogP contribution in [0.1, 0.15) is 34.1 Å². The lowest BCUT2D eigenvalue weighted by Crippen LogP contribution is -2.48. The molecule has 0 aliphatic carbocycles. The number of nitrogens with one attached hydrogen (secondary N) is 1. The predicted molar refractivity (Wildman–Crippen MR) is 71.8 cm³/mol. The number of carbonyl (C=O) groups excluding carboxylic acids is 1. The van der Waals surface area contributed by atoms with E-state index in [1.54, 1.807) is 25.3 Å². The van der Waals surface area contributed by atoms with Gasteiger partial charge in [0.2, 0.25) is 0 Å². The van der Waals surface area contributed by atoms with Crippen LogP contribution in [0.2, 0.25) is 5.15 Å². The summed E-state index contributed by atoms with van der Waals surface area (Å²) in [7, 11) is 0. The van der Waals surface area contributed by atoms with Crippen molar-refractivity contribution in [3.63, 3.8) is 0 Å². The van der Waals surface area contributed by atoms with Crippen LogP contribution >= 0.6 is 11.6 Å². The first-order valence-electron chi connectivity index (χ1n) is 5.95. The van der Waals surface area contributed by atoms with Gasteiger partial charge in [-0.25, -0.2) is 4.98 Å². The van der Waals surface area contributed by atoms with Gasteiger partial charge in [-0.05, 0) is 39.3 Å². The fourth-order valence-electron chi connectivity index (χ4n) is 1.23. The van der Waals surface area contributed by atoms with Gasteiger partial charge in [-0.3, -0.25) is 4.79 Å². The molecule has 0 bridgehead atoms. The Kier molecular flexibility index (Phi) is 4.96. The molecular formula is C13H19ClN2O2. The van der Waals surface area contributed by atoms with Crippen LogP contribution in [0, 0.1) is 0 Å². The Morgan fingerprint density at radius 1 is 1.61 bits per heavy atom. The lowest BCUT2D eigenvalue weighted by Gasteiger charge is -2.26. The maximum Gasteiger partial charge on any atom is 0.261 e. The molecule has 100 valence electrons. The molecule has 0 saturated heterocycles. The highest BCUT2D eigenvalue weighted by molar-refractivity contribution is 6.30. The third-order valence-corrected chi connectivity index (χ3v) is 3.03. The molecule has 1 rings (SSSR count). The number of amides is 1. The molecular weight excluding hydrogens is 252 g/mol.